The molecule has 2 heteroatoms. The number of hydrogen-bond donors (Lipinski definition) is 2. The van der Waals surface area contributed by atoms with E-state index in [1.807, 2.05) is 0 Å². The SMILES string of the molecule is CCCCNCc1ccc2c(c1)CNCC2. The first-order valence-electron chi connectivity index (χ1n) is 6.42. The molecule has 1 aromatic rings. The van der Waals surface area contributed by atoms with Crippen LogP contribution in [0.15, 0.2) is 18.2 Å². The van der Waals surface area contributed by atoms with Gasteiger partial charge in [-0.25, -0.2) is 0 Å². The highest BCUT2D eigenvalue weighted by atomic mass is 14.9. The van der Waals surface area contributed by atoms with Gasteiger partial charge in [0.2, 0.25) is 0 Å². The minimum atomic E-state index is 1.01. The van der Waals surface area contributed by atoms with Crippen LogP contribution < -0.4 is 10.6 Å². The highest BCUT2D eigenvalue weighted by Gasteiger charge is 2.08. The molecule has 1 aliphatic rings. The molecule has 1 heterocycles. The van der Waals surface area contributed by atoms with Crippen molar-refractivity contribution in [3.63, 3.8) is 0 Å². The molecule has 16 heavy (non-hydrogen) atoms. The largest absolute Gasteiger partial charge is 0.313 e. The fourth-order valence-corrected chi connectivity index (χ4v) is 2.18. The Kier molecular flexibility index (Phi) is 4.37. The van der Waals surface area contributed by atoms with E-state index >= 15 is 0 Å². The Labute approximate surface area is 98.4 Å². The van der Waals surface area contributed by atoms with Crippen molar-refractivity contribution in [2.24, 2.45) is 0 Å². The van der Waals surface area contributed by atoms with Gasteiger partial charge in [0.05, 0.1) is 0 Å². The zero-order valence-corrected chi connectivity index (χ0v) is 10.2. The van der Waals surface area contributed by atoms with Crippen molar-refractivity contribution < 1.29 is 0 Å². The summed E-state index contributed by atoms with van der Waals surface area (Å²) in [5.74, 6) is 0. The summed E-state index contributed by atoms with van der Waals surface area (Å²) in [5.41, 5.74) is 4.43. The first-order chi connectivity index (χ1) is 7.90. The van der Waals surface area contributed by atoms with Crippen molar-refractivity contribution in [2.45, 2.75) is 39.3 Å². The summed E-state index contributed by atoms with van der Waals surface area (Å²) < 4.78 is 0. The van der Waals surface area contributed by atoms with Gasteiger partial charge in [-0.3, -0.25) is 0 Å². The van der Waals surface area contributed by atoms with Crippen LogP contribution in [0, 0.1) is 0 Å². The molecule has 0 fully saturated rings. The first-order valence-corrected chi connectivity index (χ1v) is 6.42. The van der Waals surface area contributed by atoms with Gasteiger partial charge < -0.3 is 10.6 Å². The van der Waals surface area contributed by atoms with E-state index < -0.39 is 0 Å². The zero-order chi connectivity index (χ0) is 11.2. The predicted molar refractivity (Wildman–Crippen MR) is 68.5 cm³/mol. The Morgan fingerprint density at radius 3 is 3.12 bits per heavy atom. The minimum absolute atomic E-state index is 1.01. The van der Waals surface area contributed by atoms with E-state index in [4.69, 9.17) is 0 Å². The average Bonchev–Trinajstić information content (AvgIpc) is 2.34. The van der Waals surface area contributed by atoms with Gasteiger partial charge in [0, 0.05) is 13.1 Å². The number of hydrogen-bond acceptors (Lipinski definition) is 2. The number of nitrogens with one attached hydrogen (secondary N) is 2. The van der Waals surface area contributed by atoms with Crippen molar-refractivity contribution in [2.75, 3.05) is 13.1 Å². The smallest absolute Gasteiger partial charge is 0.0208 e. The van der Waals surface area contributed by atoms with Crippen LogP contribution in [-0.4, -0.2) is 13.1 Å². The second kappa shape index (κ2) is 6.02. The molecule has 1 aliphatic heterocycles. The fraction of sp³-hybridized carbons (Fsp3) is 0.571. The molecule has 2 rings (SSSR count). The molecule has 0 unspecified atom stereocenters. The lowest BCUT2D eigenvalue weighted by atomic mass is 9.98. The maximum absolute atomic E-state index is 3.49. The van der Waals surface area contributed by atoms with Crippen LogP contribution in [0.3, 0.4) is 0 Å². The van der Waals surface area contributed by atoms with Crippen molar-refractivity contribution in [1.29, 1.82) is 0 Å². The second-order valence-corrected chi connectivity index (χ2v) is 4.56. The Morgan fingerprint density at radius 2 is 2.25 bits per heavy atom. The molecule has 0 amide bonds. The Hall–Kier alpha value is -0.860. The lowest BCUT2D eigenvalue weighted by Gasteiger charge is -2.18. The van der Waals surface area contributed by atoms with Gasteiger partial charge in [0.1, 0.15) is 0 Å². The van der Waals surface area contributed by atoms with Crippen molar-refractivity contribution in [3.05, 3.63) is 34.9 Å². The molecule has 2 nitrogen and oxygen atoms in total. The highest BCUT2D eigenvalue weighted by Crippen LogP contribution is 2.15. The van der Waals surface area contributed by atoms with E-state index in [1.54, 1.807) is 0 Å². The summed E-state index contributed by atoms with van der Waals surface area (Å²) in [5, 5.41) is 6.91. The summed E-state index contributed by atoms with van der Waals surface area (Å²) >= 11 is 0. The van der Waals surface area contributed by atoms with E-state index in [-0.39, 0.29) is 0 Å². The summed E-state index contributed by atoms with van der Waals surface area (Å²) in [6.45, 7) is 6.53. The zero-order valence-electron chi connectivity index (χ0n) is 10.2. The molecule has 0 radical (unpaired) electrons. The van der Waals surface area contributed by atoms with E-state index in [1.165, 1.54) is 36.0 Å². The highest BCUT2D eigenvalue weighted by molar-refractivity contribution is 5.33. The van der Waals surface area contributed by atoms with Crippen molar-refractivity contribution in [3.8, 4) is 0 Å². The van der Waals surface area contributed by atoms with E-state index in [0.717, 1.165) is 26.2 Å². The first kappa shape index (κ1) is 11.6. The third-order valence-corrected chi connectivity index (χ3v) is 3.19. The van der Waals surface area contributed by atoms with Crippen LogP contribution in [0.1, 0.15) is 36.5 Å². The van der Waals surface area contributed by atoms with Gasteiger partial charge in [0.15, 0.2) is 0 Å². The fourth-order valence-electron chi connectivity index (χ4n) is 2.18. The third kappa shape index (κ3) is 3.06. The van der Waals surface area contributed by atoms with Crippen LogP contribution in [0.5, 0.6) is 0 Å². The van der Waals surface area contributed by atoms with Gasteiger partial charge in [-0.05, 0) is 42.6 Å². The monoisotopic (exact) mass is 218 g/mol. The molecular weight excluding hydrogens is 196 g/mol. The molecule has 0 aliphatic carbocycles. The molecule has 0 saturated heterocycles. The van der Waals surface area contributed by atoms with Crippen LogP contribution in [0.25, 0.3) is 0 Å². The molecule has 0 aromatic heterocycles. The normalized spacial score (nSPS) is 14.8. The van der Waals surface area contributed by atoms with Crippen molar-refractivity contribution >= 4 is 0 Å². The van der Waals surface area contributed by atoms with Gasteiger partial charge in [-0.15, -0.1) is 0 Å². The maximum atomic E-state index is 3.49. The second-order valence-electron chi connectivity index (χ2n) is 4.56. The third-order valence-electron chi connectivity index (χ3n) is 3.19. The number of unbranched alkanes of at least 4 members (excludes halogenated alkanes) is 1. The average molecular weight is 218 g/mol. The Morgan fingerprint density at radius 1 is 1.31 bits per heavy atom. The Balaban J connectivity index is 1.90. The summed E-state index contributed by atoms with van der Waals surface area (Å²) in [4.78, 5) is 0. The van der Waals surface area contributed by atoms with Crippen LogP contribution in [-0.2, 0) is 19.5 Å². The van der Waals surface area contributed by atoms with E-state index in [2.05, 4.69) is 35.8 Å². The molecule has 0 bridgehead atoms. The van der Waals surface area contributed by atoms with Crippen molar-refractivity contribution in [1.82, 2.24) is 10.6 Å². The molecular formula is C14H22N2. The summed E-state index contributed by atoms with van der Waals surface area (Å²) in [6, 6.07) is 6.91. The lowest BCUT2D eigenvalue weighted by Crippen LogP contribution is -2.24. The van der Waals surface area contributed by atoms with Crippen LogP contribution in [0.4, 0.5) is 0 Å². The molecule has 0 atom stereocenters. The van der Waals surface area contributed by atoms with E-state index in [9.17, 15) is 0 Å². The molecule has 0 saturated carbocycles. The van der Waals surface area contributed by atoms with E-state index in [0.29, 0.717) is 0 Å². The maximum Gasteiger partial charge on any atom is 0.0208 e. The van der Waals surface area contributed by atoms with Gasteiger partial charge in [-0.2, -0.15) is 0 Å². The van der Waals surface area contributed by atoms with Gasteiger partial charge in [0.25, 0.3) is 0 Å². The van der Waals surface area contributed by atoms with Gasteiger partial charge >= 0.3 is 0 Å². The van der Waals surface area contributed by atoms with Gasteiger partial charge in [-0.1, -0.05) is 31.5 Å². The number of fused-ring (bicyclic) bond motifs is 1. The van der Waals surface area contributed by atoms with Crippen LogP contribution >= 0.6 is 0 Å². The number of rotatable bonds is 5. The lowest BCUT2D eigenvalue weighted by molar-refractivity contribution is 0.630. The molecule has 1 aromatic carbocycles. The topological polar surface area (TPSA) is 24.1 Å². The standard InChI is InChI=1S/C14H22N2/c1-2-3-7-15-10-12-4-5-13-6-8-16-11-14(13)9-12/h4-5,9,15-16H,2-3,6-8,10-11H2,1H3. The molecule has 0 spiro atoms. The number of benzene rings is 1. The summed E-state index contributed by atoms with van der Waals surface area (Å²) in [6.07, 6.45) is 3.71. The Bertz CT molecular complexity index is 334. The molecule has 88 valence electrons. The summed E-state index contributed by atoms with van der Waals surface area (Å²) in [7, 11) is 0. The molecule has 2 N–H and O–H groups in total. The quantitative estimate of drug-likeness (QED) is 0.741. The predicted octanol–water partition coefficient (Wildman–Crippen LogP) is 2.22. The van der Waals surface area contributed by atoms with Crippen LogP contribution in [0.2, 0.25) is 0 Å². The minimum Gasteiger partial charge on any atom is -0.313 e.